The number of rotatable bonds is 3. The van der Waals surface area contributed by atoms with Gasteiger partial charge in [-0.25, -0.2) is 0 Å². The lowest BCUT2D eigenvalue weighted by molar-refractivity contribution is -0.131. The summed E-state index contributed by atoms with van der Waals surface area (Å²) in [5, 5.41) is 0.600. The van der Waals surface area contributed by atoms with E-state index in [-0.39, 0.29) is 25.0 Å². The molecule has 7 heteroatoms. The molecule has 0 radical (unpaired) electrons. The molecule has 2 aromatic rings. The molecule has 0 atom stereocenters. The van der Waals surface area contributed by atoms with Gasteiger partial charge in [0.25, 0.3) is 5.91 Å². The van der Waals surface area contributed by atoms with Gasteiger partial charge in [0.1, 0.15) is 0 Å². The summed E-state index contributed by atoms with van der Waals surface area (Å²) in [4.78, 5) is 28.8. The maximum Gasteiger partial charge on any atom is 0.254 e. The van der Waals surface area contributed by atoms with E-state index < -0.39 is 0 Å². The average Bonchev–Trinajstić information content (AvgIpc) is 3.17. The van der Waals surface area contributed by atoms with Crippen molar-refractivity contribution >= 4 is 23.4 Å². The number of ether oxygens (including phenoxy) is 2. The minimum Gasteiger partial charge on any atom is -0.454 e. The van der Waals surface area contributed by atoms with Crippen LogP contribution in [0.1, 0.15) is 15.9 Å². The van der Waals surface area contributed by atoms with E-state index in [9.17, 15) is 9.59 Å². The molecule has 2 aliphatic heterocycles. The lowest BCUT2D eigenvalue weighted by atomic mass is 10.1. The summed E-state index contributed by atoms with van der Waals surface area (Å²) in [7, 11) is 0. The highest BCUT2D eigenvalue weighted by molar-refractivity contribution is 6.31. The Hall–Kier alpha value is -2.73. The molecule has 0 N–H and O–H groups in total. The van der Waals surface area contributed by atoms with E-state index in [4.69, 9.17) is 21.1 Å². The fraction of sp³-hybridized carbons (Fsp3) is 0.300. The minimum absolute atomic E-state index is 0.0262. The number of fused-ring (bicyclic) bond motifs is 1. The van der Waals surface area contributed by atoms with Crippen LogP contribution < -0.4 is 9.47 Å². The first-order chi connectivity index (χ1) is 13.1. The summed E-state index contributed by atoms with van der Waals surface area (Å²) in [5.41, 5.74) is 1.39. The molecular weight excluding hydrogens is 368 g/mol. The number of nitrogens with zero attached hydrogens (tertiary/aromatic N) is 2. The Kier molecular flexibility index (Phi) is 4.90. The molecule has 27 heavy (non-hydrogen) atoms. The first kappa shape index (κ1) is 17.7. The van der Waals surface area contributed by atoms with Gasteiger partial charge in [0.05, 0.1) is 6.42 Å². The third kappa shape index (κ3) is 3.71. The molecule has 2 aliphatic rings. The maximum atomic E-state index is 12.7. The molecule has 1 fully saturated rings. The zero-order valence-electron chi connectivity index (χ0n) is 14.7. The van der Waals surface area contributed by atoms with Gasteiger partial charge < -0.3 is 19.3 Å². The van der Waals surface area contributed by atoms with Crippen LogP contribution in [0.4, 0.5) is 0 Å². The van der Waals surface area contributed by atoms with E-state index in [1.807, 2.05) is 18.2 Å². The first-order valence-corrected chi connectivity index (χ1v) is 9.20. The molecule has 0 aromatic heterocycles. The molecule has 0 unspecified atom stereocenters. The zero-order chi connectivity index (χ0) is 18.8. The second-order valence-corrected chi connectivity index (χ2v) is 6.92. The van der Waals surface area contributed by atoms with E-state index in [1.54, 1.807) is 34.1 Å². The Balaban J connectivity index is 1.35. The van der Waals surface area contributed by atoms with Crippen LogP contribution >= 0.6 is 11.6 Å². The lowest BCUT2D eigenvalue weighted by Gasteiger charge is -2.35. The van der Waals surface area contributed by atoms with Crippen LogP contribution in [-0.2, 0) is 11.2 Å². The second-order valence-electron chi connectivity index (χ2n) is 6.51. The monoisotopic (exact) mass is 386 g/mol. The van der Waals surface area contributed by atoms with Crippen LogP contribution in [0.25, 0.3) is 0 Å². The summed E-state index contributed by atoms with van der Waals surface area (Å²) in [6.45, 7) is 2.21. The van der Waals surface area contributed by atoms with Gasteiger partial charge in [0.15, 0.2) is 11.5 Å². The van der Waals surface area contributed by atoms with E-state index in [0.717, 1.165) is 5.56 Å². The van der Waals surface area contributed by atoms with Gasteiger partial charge >= 0.3 is 0 Å². The number of amides is 2. The Morgan fingerprint density at radius 1 is 0.926 bits per heavy atom. The number of benzene rings is 2. The summed E-state index contributed by atoms with van der Waals surface area (Å²) in [6.07, 6.45) is 0.274. The first-order valence-electron chi connectivity index (χ1n) is 8.82. The highest BCUT2D eigenvalue weighted by Gasteiger charge is 2.26. The SMILES string of the molecule is O=C(Cc1ccccc1Cl)N1CCN(C(=O)c2ccc3c(c2)OCO3)CC1. The van der Waals surface area contributed by atoms with E-state index in [2.05, 4.69) is 0 Å². The number of halogens is 1. The predicted molar refractivity (Wildman–Crippen MR) is 100 cm³/mol. The van der Waals surface area contributed by atoms with Crippen molar-refractivity contribution in [2.45, 2.75) is 6.42 Å². The Labute approximate surface area is 162 Å². The van der Waals surface area contributed by atoms with E-state index in [1.165, 1.54) is 0 Å². The van der Waals surface area contributed by atoms with Crippen molar-refractivity contribution in [2.24, 2.45) is 0 Å². The van der Waals surface area contributed by atoms with Crippen LogP contribution in [0.15, 0.2) is 42.5 Å². The topological polar surface area (TPSA) is 59.1 Å². The van der Waals surface area contributed by atoms with Gasteiger partial charge in [-0.3, -0.25) is 9.59 Å². The van der Waals surface area contributed by atoms with Crippen molar-refractivity contribution in [3.05, 3.63) is 58.6 Å². The molecule has 0 saturated carbocycles. The molecule has 4 rings (SSSR count). The largest absolute Gasteiger partial charge is 0.454 e. The highest BCUT2D eigenvalue weighted by atomic mass is 35.5. The highest BCUT2D eigenvalue weighted by Crippen LogP contribution is 2.32. The Bertz CT molecular complexity index is 878. The van der Waals surface area contributed by atoms with E-state index >= 15 is 0 Å². The number of hydrogen-bond acceptors (Lipinski definition) is 4. The summed E-state index contributed by atoms with van der Waals surface area (Å²) in [5.74, 6) is 1.21. The molecule has 6 nitrogen and oxygen atoms in total. The second kappa shape index (κ2) is 7.48. The van der Waals surface area contributed by atoms with Crippen LogP contribution in [0.5, 0.6) is 11.5 Å². The lowest BCUT2D eigenvalue weighted by Crippen LogP contribution is -2.51. The van der Waals surface area contributed by atoms with Crippen molar-refractivity contribution in [2.75, 3.05) is 33.0 Å². The quantitative estimate of drug-likeness (QED) is 0.813. The zero-order valence-corrected chi connectivity index (χ0v) is 15.4. The molecule has 2 aromatic carbocycles. The number of carbonyl (C=O) groups excluding carboxylic acids is 2. The van der Waals surface area contributed by atoms with Crippen LogP contribution in [0.2, 0.25) is 5.02 Å². The summed E-state index contributed by atoms with van der Waals surface area (Å²) < 4.78 is 10.6. The molecule has 0 bridgehead atoms. The maximum absolute atomic E-state index is 12.7. The van der Waals surface area contributed by atoms with Crippen molar-refractivity contribution in [3.63, 3.8) is 0 Å². The average molecular weight is 387 g/mol. The van der Waals surface area contributed by atoms with Crippen LogP contribution in [0.3, 0.4) is 0 Å². The molecule has 2 amide bonds. The van der Waals surface area contributed by atoms with Crippen LogP contribution in [-0.4, -0.2) is 54.6 Å². The molecule has 0 aliphatic carbocycles. The number of piperazine rings is 1. The van der Waals surface area contributed by atoms with Gasteiger partial charge in [-0.15, -0.1) is 0 Å². The number of hydrogen-bond donors (Lipinski definition) is 0. The van der Waals surface area contributed by atoms with Crippen molar-refractivity contribution in [1.29, 1.82) is 0 Å². The van der Waals surface area contributed by atoms with Gasteiger partial charge in [0.2, 0.25) is 12.7 Å². The van der Waals surface area contributed by atoms with Gasteiger partial charge in [0, 0.05) is 36.8 Å². The Morgan fingerprint density at radius 3 is 2.41 bits per heavy atom. The molecule has 1 saturated heterocycles. The summed E-state index contributed by atoms with van der Waals surface area (Å²) in [6, 6.07) is 12.6. The fourth-order valence-corrected chi connectivity index (χ4v) is 3.49. The standard InChI is InChI=1S/C20H19ClN2O4/c21-16-4-2-1-3-14(16)12-19(24)22-7-9-23(10-8-22)20(25)15-5-6-17-18(11-15)27-13-26-17/h1-6,11H,7-10,12-13H2. The third-order valence-corrected chi connectivity index (χ3v) is 5.21. The predicted octanol–water partition coefficient (Wildman–Crippen LogP) is 2.60. The van der Waals surface area contributed by atoms with Gasteiger partial charge in [-0.05, 0) is 29.8 Å². The molecule has 0 spiro atoms. The minimum atomic E-state index is -0.0634. The van der Waals surface area contributed by atoms with Crippen LogP contribution in [0, 0.1) is 0 Å². The molecular formula is C20H19ClN2O4. The number of carbonyl (C=O) groups is 2. The molecule has 2 heterocycles. The summed E-state index contributed by atoms with van der Waals surface area (Å²) >= 11 is 6.14. The smallest absolute Gasteiger partial charge is 0.254 e. The van der Waals surface area contributed by atoms with Crippen molar-refractivity contribution in [3.8, 4) is 11.5 Å². The van der Waals surface area contributed by atoms with Crippen molar-refractivity contribution in [1.82, 2.24) is 9.80 Å². The third-order valence-electron chi connectivity index (χ3n) is 4.84. The molecule has 140 valence electrons. The Morgan fingerprint density at radius 2 is 1.63 bits per heavy atom. The normalized spacial score (nSPS) is 15.7. The van der Waals surface area contributed by atoms with Crippen molar-refractivity contribution < 1.29 is 19.1 Å². The van der Waals surface area contributed by atoms with Gasteiger partial charge in [-0.2, -0.15) is 0 Å². The fourth-order valence-electron chi connectivity index (χ4n) is 3.29. The van der Waals surface area contributed by atoms with Gasteiger partial charge in [-0.1, -0.05) is 29.8 Å². The van der Waals surface area contributed by atoms with E-state index in [0.29, 0.717) is 48.3 Å².